The molecule has 0 unspecified atom stereocenters. The minimum atomic E-state index is -0.657. The third-order valence-electron chi connectivity index (χ3n) is 3.77. The van der Waals surface area contributed by atoms with E-state index in [1.807, 2.05) is 18.2 Å². The number of aromatic nitrogens is 2. The van der Waals surface area contributed by atoms with Gasteiger partial charge in [-0.15, -0.1) is 10.2 Å². The van der Waals surface area contributed by atoms with Gasteiger partial charge in [0.1, 0.15) is 11.5 Å². The number of pyridine rings is 1. The number of hydrogen-bond acceptors (Lipinski definition) is 4. The summed E-state index contributed by atoms with van der Waals surface area (Å²) >= 11 is 0. The van der Waals surface area contributed by atoms with Gasteiger partial charge in [-0.05, 0) is 30.3 Å². The van der Waals surface area contributed by atoms with Crippen molar-refractivity contribution in [3.05, 3.63) is 66.1 Å². The van der Waals surface area contributed by atoms with E-state index in [0.717, 1.165) is 5.39 Å². The number of rotatable bonds is 2. The van der Waals surface area contributed by atoms with E-state index >= 15 is 0 Å². The number of nitrogens with one attached hydrogen (secondary N) is 1. The molecule has 1 amide bonds. The number of nitrogens with zero attached hydrogens (tertiary/aromatic N) is 3. The van der Waals surface area contributed by atoms with E-state index in [1.165, 1.54) is 18.2 Å². The first-order chi connectivity index (χ1) is 12.1. The number of aromatic hydroxyl groups is 1. The Bertz CT molecular complexity index is 1150. The number of carbonyl (C=O) groups excluding carboxylic acids is 1. The van der Waals surface area contributed by atoms with Crippen molar-refractivity contribution < 1.29 is 14.3 Å². The Balaban J connectivity index is 1.70. The highest BCUT2D eigenvalue weighted by Gasteiger charge is 2.13. The minimum Gasteiger partial charge on any atom is -0.493 e. The van der Waals surface area contributed by atoms with Gasteiger partial charge in [-0.25, -0.2) is 9.37 Å². The van der Waals surface area contributed by atoms with Crippen molar-refractivity contribution >= 4 is 33.4 Å². The van der Waals surface area contributed by atoms with Crippen molar-refractivity contribution in [2.45, 2.75) is 0 Å². The zero-order chi connectivity index (χ0) is 17.4. The second kappa shape index (κ2) is 5.79. The van der Waals surface area contributed by atoms with Crippen molar-refractivity contribution in [2.24, 2.45) is 10.2 Å². The smallest absolute Gasteiger partial charge is 0.313 e. The summed E-state index contributed by atoms with van der Waals surface area (Å²) in [6, 6.07) is 14.6. The lowest BCUT2D eigenvalue weighted by molar-refractivity contribution is 0.0990. The number of aromatic amines is 1. The molecule has 2 heterocycles. The molecule has 0 bridgehead atoms. The second-order valence-corrected chi connectivity index (χ2v) is 5.41. The fourth-order valence-corrected chi connectivity index (χ4v) is 2.57. The quantitative estimate of drug-likeness (QED) is 0.529. The van der Waals surface area contributed by atoms with Crippen LogP contribution >= 0.6 is 0 Å². The van der Waals surface area contributed by atoms with Crippen LogP contribution in [-0.4, -0.2) is 21.0 Å². The summed E-state index contributed by atoms with van der Waals surface area (Å²) in [5.41, 5.74) is 1.29. The van der Waals surface area contributed by atoms with Crippen LogP contribution in [0.15, 0.2) is 64.8 Å². The molecule has 0 spiro atoms. The Morgan fingerprint density at radius 2 is 1.96 bits per heavy atom. The largest absolute Gasteiger partial charge is 0.493 e. The Morgan fingerprint density at radius 1 is 1.12 bits per heavy atom. The molecule has 6 nitrogen and oxygen atoms in total. The van der Waals surface area contributed by atoms with Crippen molar-refractivity contribution in [1.29, 1.82) is 0 Å². The molecular weight excluding hydrogens is 323 g/mol. The molecule has 2 aromatic heterocycles. The van der Waals surface area contributed by atoms with Gasteiger partial charge in [0.05, 0.1) is 11.0 Å². The molecule has 0 aliphatic heterocycles. The van der Waals surface area contributed by atoms with Gasteiger partial charge in [0.25, 0.3) is 0 Å². The standard InChI is InChI=1S/C18H11FN4O2/c19-11-6-8-14-12(9-11)16(18(25)21-14)22-23-17(24)15-7-5-10-3-1-2-4-13(10)20-15/h1-9,21,25H. The fraction of sp³-hybridized carbons (Fsp3) is 0. The van der Waals surface area contributed by atoms with Crippen LogP contribution in [0, 0.1) is 5.82 Å². The summed E-state index contributed by atoms with van der Waals surface area (Å²) < 4.78 is 13.4. The number of azo groups is 1. The summed E-state index contributed by atoms with van der Waals surface area (Å²) in [4.78, 5) is 19.1. The molecule has 2 N–H and O–H groups in total. The van der Waals surface area contributed by atoms with Crippen molar-refractivity contribution in [2.75, 3.05) is 0 Å². The average molecular weight is 334 g/mol. The van der Waals surface area contributed by atoms with Crippen LogP contribution in [0.5, 0.6) is 5.88 Å². The molecule has 122 valence electrons. The van der Waals surface area contributed by atoms with Gasteiger partial charge in [-0.1, -0.05) is 24.3 Å². The molecule has 0 radical (unpaired) electrons. The van der Waals surface area contributed by atoms with Crippen molar-refractivity contribution in [3.63, 3.8) is 0 Å². The first-order valence-corrected chi connectivity index (χ1v) is 7.44. The van der Waals surface area contributed by atoms with E-state index in [4.69, 9.17) is 0 Å². The van der Waals surface area contributed by atoms with Crippen LogP contribution in [0.3, 0.4) is 0 Å². The maximum Gasteiger partial charge on any atom is 0.313 e. The second-order valence-electron chi connectivity index (χ2n) is 5.41. The van der Waals surface area contributed by atoms with Crippen LogP contribution in [0.1, 0.15) is 10.5 Å². The zero-order valence-electron chi connectivity index (χ0n) is 12.8. The third-order valence-corrected chi connectivity index (χ3v) is 3.77. The van der Waals surface area contributed by atoms with Gasteiger partial charge in [0.15, 0.2) is 5.69 Å². The summed E-state index contributed by atoms with van der Waals surface area (Å²) in [6.45, 7) is 0. The predicted octanol–water partition coefficient (Wildman–Crippen LogP) is 4.48. The van der Waals surface area contributed by atoms with Gasteiger partial charge in [0, 0.05) is 10.8 Å². The Morgan fingerprint density at radius 3 is 2.84 bits per heavy atom. The SMILES string of the molecule is O=C(N=Nc1c(O)[nH]c2ccc(F)cc12)c1ccc2ccccc2n1. The minimum absolute atomic E-state index is 0.00337. The van der Waals surface area contributed by atoms with Gasteiger partial charge in [0.2, 0.25) is 5.88 Å². The van der Waals surface area contributed by atoms with E-state index in [0.29, 0.717) is 16.4 Å². The number of benzene rings is 2. The van der Waals surface area contributed by atoms with Crippen molar-refractivity contribution in [3.8, 4) is 5.88 Å². The normalized spacial score (nSPS) is 11.6. The molecular formula is C18H11FN4O2. The van der Waals surface area contributed by atoms with Crippen LogP contribution < -0.4 is 0 Å². The lowest BCUT2D eigenvalue weighted by atomic mass is 10.2. The lowest BCUT2D eigenvalue weighted by Crippen LogP contribution is -1.97. The lowest BCUT2D eigenvalue weighted by Gasteiger charge is -1.98. The van der Waals surface area contributed by atoms with E-state index in [1.54, 1.807) is 18.2 Å². The molecule has 2 aromatic carbocycles. The molecule has 7 heteroatoms. The van der Waals surface area contributed by atoms with E-state index in [2.05, 4.69) is 20.2 Å². The van der Waals surface area contributed by atoms with Crippen LogP contribution in [0.4, 0.5) is 10.1 Å². The highest BCUT2D eigenvalue weighted by molar-refractivity contribution is 5.97. The fourth-order valence-electron chi connectivity index (χ4n) is 2.57. The molecule has 0 saturated heterocycles. The number of hydrogen-bond donors (Lipinski definition) is 2. The summed E-state index contributed by atoms with van der Waals surface area (Å²) in [5.74, 6) is -1.43. The highest BCUT2D eigenvalue weighted by atomic mass is 19.1. The number of halogens is 1. The molecule has 0 fully saturated rings. The topological polar surface area (TPSA) is 90.7 Å². The summed E-state index contributed by atoms with van der Waals surface area (Å²) in [7, 11) is 0. The zero-order valence-corrected chi connectivity index (χ0v) is 12.8. The van der Waals surface area contributed by atoms with E-state index in [-0.39, 0.29) is 17.3 Å². The Hall–Kier alpha value is -3.61. The van der Waals surface area contributed by atoms with E-state index in [9.17, 15) is 14.3 Å². The first kappa shape index (κ1) is 14.9. The maximum atomic E-state index is 13.4. The average Bonchev–Trinajstić information content (AvgIpc) is 2.93. The molecule has 4 aromatic rings. The number of carbonyl (C=O) groups is 1. The Labute approximate surface area is 140 Å². The molecule has 0 aliphatic rings. The van der Waals surface area contributed by atoms with Gasteiger partial charge in [-0.3, -0.25) is 4.79 Å². The van der Waals surface area contributed by atoms with Crippen molar-refractivity contribution in [1.82, 2.24) is 9.97 Å². The van der Waals surface area contributed by atoms with Crippen LogP contribution in [0.2, 0.25) is 0 Å². The number of amides is 1. The summed E-state index contributed by atoms with van der Waals surface area (Å²) in [5, 5.41) is 18.5. The molecule has 0 aliphatic carbocycles. The monoisotopic (exact) mass is 334 g/mol. The molecule has 0 saturated carbocycles. The van der Waals surface area contributed by atoms with Crippen LogP contribution in [0.25, 0.3) is 21.8 Å². The maximum absolute atomic E-state index is 13.4. The Kier molecular flexibility index (Phi) is 3.46. The van der Waals surface area contributed by atoms with E-state index < -0.39 is 11.7 Å². The number of para-hydroxylation sites is 1. The third kappa shape index (κ3) is 2.72. The summed E-state index contributed by atoms with van der Waals surface area (Å²) in [6.07, 6.45) is 0. The first-order valence-electron chi connectivity index (χ1n) is 7.44. The van der Waals surface area contributed by atoms with Gasteiger partial charge in [-0.2, -0.15) is 0 Å². The number of H-pyrrole nitrogens is 1. The molecule has 4 rings (SSSR count). The predicted molar refractivity (Wildman–Crippen MR) is 90.5 cm³/mol. The van der Waals surface area contributed by atoms with Gasteiger partial charge >= 0.3 is 5.91 Å². The van der Waals surface area contributed by atoms with Gasteiger partial charge < -0.3 is 10.1 Å². The molecule has 25 heavy (non-hydrogen) atoms. The number of fused-ring (bicyclic) bond motifs is 2. The highest BCUT2D eigenvalue weighted by Crippen LogP contribution is 2.35. The van der Waals surface area contributed by atoms with Crippen LogP contribution in [-0.2, 0) is 0 Å². The molecule has 0 atom stereocenters.